The van der Waals surface area contributed by atoms with Crippen molar-refractivity contribution in [2.45, 2.75) is 33.4 Å². The zero-order valence-electron chi connectivity index (χ0n) is 7.79. The fraction of sp³-hybridized carbons (Fsp3) is 0.667. The number of epoxide rings is 1. The van der Waals surface area contributed by atoms with Crippen molar-refractivity contribution in [2.75, 3.05) is 6.61 Å². The van der Waals surface area contributed by atoms with E-state index in [9.17, 15) is 0 Å². The van der Waals surface area contributed by atoms with E-state index >= 15 is 0 Å². The number of rotatable bonds is 2. The molecule has 1 aromatic heterocycles. The van der Waals surface area contributed by atoms with Crippen LogP contribution in [0.25, 0.3) is 0 Å². The van der Waals surface area contributed by atoms with Crippen molar-refractivity contribution in [1.82, 2.24) is 9.78 Å². The molecule has 0 N–H and O–H groups in total. The van der Waals surface area contributed by atoms with Crippen LogP contribution < -0.4 is 0 Å². The third-order valence-corrected chi connectivity index (χ3v) is 2.52. The lowest BCUT2D eigenvalue weighted by Crippen LogP contribution is -2.07. The standard InChI is InChI=1S/C9H14N2O/c1-6-7(2)10-11(8(6)3)4-9-5-12-9/h9H,4-5H2,1-3H3. The molecule has 0 saturated carbocycles. The predicted octanol–water partition coefficient (Wildman–Crippen LogP) is 1.21. The summed E-state index contributed by atoms with van der Waals surface area (Å²) in [6, 6.07) is 0. The second-order valence-corrected chi connectivity index (χ2v) is 3.43. The average molecular weight is 166 g/mol. The van der Waals surface area contributed by atoms with E-state index in [4.69, 9.17) is 4.74 Å². The highest BCUT2D eigenvalue weighted by atomic mass is 16.6. The molecule has 1 aliphatic rings. The lowest BCUT2D eigenvalue weighted by atomic mass is 10.2. The molecule has 0 bridgehead atoms. The Bertz CT molecular complexity index is 300. The van der Waals surface area contributed by atoms with Gasteiger partial charge in [0.15, 0.2) is 0 Å². The van der Waals surface area contributed by atoms with Crippen LogP contribution in [0.5, 0.6) is 0 Å². The van der Waals surface area contributed by atoms with Gasteiger partial charge in [-0.3, -0.25) is 4.68 Å². The molecule has 0 amide bonds. The molecular formula is C9H14N2O. The first-order valence-electron chi connectivity index (χ1n) is 4.30. The maximum absolute atomic E-state index is 5.16. The topological polar surface area (TPSA) is 30.4 Å². The Hall–Kier alpha value is -0.830. The van der Waals surface area contributed by atoms with Gasteiger partial charge in [-0.2, -0.15) is 5.10 Å². The van der Waals surface area contributed by atoms with Gasteiger partial charge in [-0.1, -0.05) is 0 Å². The van der Waals surface area contributed by atoms with E-state index in [1.165, 1.54) is 11.3 Å². The first kappa shape index (κ1) is 7.80. The SMILES string of the molecule is Cc1nn(CC2CO2)c(C)c1C. The van der Waals surface area contributed by atoms with Gasteiger partial charge in [0.2, 0.25) is 0 Å². The van der Waals surface area contributed by atoms with E-state index in [0.717, 1.165) is 18.8 Å². The minimum absolute atomic E-state index is 0.419. The lowest BCUT2D eigenvalue weighted by molar-refractivity contribution is 0.371. The molecule has 0 radical (unpaired) electrons. The van der Waals surface area contributed by atoms with Gasteiger partial charge in [0, 0.05) is 5.69 Å². The molecule has 12 heavy (non-hydrogen) atoms. The molecule has 1 unspecified atom stereocenters. The van der Waals surface area contributed by atoms with Crippen molar-refractivity contribution in [3.05, 3.63) is 17.0 Å². The summed E-state index contributed by atoms with van der Waals surface area (Å²) in [5, 5.41) is 4.43. The van der Waals surface area contributed by atoms with Gasteiger partial charge in [0.25, 0.3) is 0 Å². The van der Waals surface area contributed by atoms with E-state index in [1.807, 2.05) is 11.6 Å². The predicted molar refractivity (Wildman–Crippen MR) is 46.2 cm³/mol. The van der Waals surface area contributed by atoms with E-state index in [0.29, 0.717) is 6.10 Å². The van der Waals surface area contributed by atoms with Crippen LogP contribution in [0.1, 0.15) is 17.0 Å². The van der Waals surface area contributed by atoms with Crippen LogP contribution in [0.15, 0.2) is 0 Å². The molecule has 2 heterocycles. The summed E-state index contributed by atoms with van der Waals surface area (Å²) in [5.74, 6) is 0. The Morgan fingerprint density at radius 3 is 2.58 bits per heavy atom. The highest BCUT2D eigenvalue weighted by molar-refractivity contribution is 5.22. The van der Waals surface area contributed by atoms with Gasteiger partial charge in [-0.05, 0) is 26.3 Å². The van der Waals surface area contributed by atoms with Crippen LogP contribution in [0.3, 0.4) is 0 Å². The number of hydrogen-bond acceptors (Lipinski definition) is 2. The summed E-state index contributed by atoms with van der Waals surface area (Å²) in [4.78, 5) is 0. The molecule has 1 atom stereocenters. The fourth-order valence-electron chi connectivity index (χ4n) is 1.33. The smallest absolute Gasteiger partial charge is 0.100 e. The summed E-state index contributed by atoms with van der Waals surface area (Å²) < 4.78 is 7.20. The Morgan fingerprint density at radius 2 is 2.17 bits per heavy atom. The first-order valence-corrected chi connectivity index (χ1v) is 4.30. The van der Waals surface area contributed by atoms with Crippen LogP contribution in [0.4, 0.5) is 0 Å². The van der Waals surface area contributed by atoms with Crippen LogP contribution >= 0.6 is 0 Å². The Kier molecular flexibility index (Phi) is 1.68. The molecule has 2 rings (SSSR count). The van der Waals surface area contributed by atoms with Crippen molar-refractivity contribution < 1.29 is 4.74 Å². The molecule has 0 aliphatic carbocycles. The highest BCUT2D eigenvalue weighted by Crippen LogP contribution is 2.16. The average Bonchev–Trinajstić information content (AvgIpc) is 2.80. The molecule has 1 aromatic rings. The molecule has 66 valence electrons. The van der Waals surface area contributed by atoms with Crippen molar-refractivity contribution in [2.24, 2.45) is 0 Å². The number of aryl methyl sites for hydroxylation is 1. The third-order valence-electron chi connectivity index (χ3n) is 2.52. The van der Waals surface area contributed by atoms with Crippen molar-refractivity contribution in [3.63, 3.8) is 0 Å². The maximum Gasteiger partial charge on any atom is 0.100 e. The molecule has 0 aromatic carbocycles. The summed E-state index contributed by atoms with van der Waals surface area (Å²) in [5.41, 5.74) is 3.70. The zero-order valence-corrected chi connectivity index (χ0v) is 7.79. The number of nitrogens with zero attached hydrogens (tertiary/aromatic N) is 2. The van der Waals surface area contributed by atoms with Crippen molar-refractivity contribution >= 4 is 0 Å². The first-order chi connectivity index (χ1) is 5.68. The minimum atomic E-state index is 0.419. The number of aromatic nitrogens is 2. The molecule has 1 saturated heterocycles. The molecule has 0 spiro atoms. The second kappa shape index (κ2) is 2.59. The molecule has 1 fully saturated rings. The Labute approximate surface area is 72.3 Å². The molecule has 1 aliphatic heterocycles. The highest BCUT2D eigenvalue weighted by Gasteiger charge is 2.24. The van der Waals surface area contributed by atoms with Crippen LogP contribution in [-0.2, 0) is 11.3 Å². The third kappa shape index (κ3) is 1.25. The van der Waals surface area contributed by atoms with E-state index < -0.39 is 0 Å². The minimum Gasteiger partial charge on any atom is -0.371 e. The van der Waals surface area contributed by atoms with Gasteiger partial charge >= 0.3 is 0 Å². The number of hydrogen-bond donors (Lipinski definition) is 0. The van der Waals surface area contributed by atoms with Crippen LogP contribution in [-0.4, -0.2) is 22.5 Å². The van der Waals surface area contributed by atoms with Gasteiger partial charge < -0.3 is 4.74 Å². The molecular weight excluding hydrogens is 152 g/mol. The molecule has 3 heteroatoms. The quantitative estimate of drug-likeness (QED) is 0.618. The summed E-state index contributed by atoms with van der Waals surface area (Å²) >= 11 is 0. The lowest BCUT2D eigenvalue weighted by Gasteiger charge is -2.00. The van der Waals surface area contributed by atoms with Gasteiger partial charge in [-0.15, -0.1) is 0 Å². The summed E-state index contributed by atoms with van der Waals surface area (Å²) in [7, 11) is 0. The van der Waals surface area contributed by atoms with Crippen molar-refractivity contribution in [1.29, 1.82) is 0 Å². The van der Waals surface area contributed by atoms with Gasteiger partial charge in [0.05, 0.1) is 18.8 Å². The molecule has 3 nitrogen and oxygen atoms in total. The van der Waals surface area contributed by atoms with E-state index in [2.05, 4.69) is 18.9 Å². The zero-order chi connectivity index (χ0) is 8.72. The van der Waals surface area contributed by atoms with Crippen LogP contribution in [0, 0.1) is 20.8 Å². The number of ether oxygens (including phenoxy) is 1. The largest absolute Gasteiger partial charge is 0.371 e. The van der Waals surface area contributed by atoms with E-state index in [1.54, 1.807) is 0 Å². The summed E-state index contributed by atoms with van der Waals surface area (Å²) in [6.45, 7) is 8.09. The summed E-state index contributed by atoms with van der Waals surface area (Å²) in [6.07, 6.45) is 0.419. The normalized spacial score (nSPS) is 21.4. The maximum atomic E-state index is 5.16. The Morgan fingerprint density at radius 1 is 1.50 bits per heavy atom. The Balaban J connectivity index is 2.23. The van der Waals surface area contributed by atoms with Crippen molar-refractivity contribution in [3.8, 4) is 0 Å². The fourth-order valence-corrected chi connectivity index (χ4v) is 1.33. The van der Waals surface area contributed by atoms with E-state index in [-0.39, 0.29) is 0 Å². The second-order valence-electron chi connectivity index (χ2n) is 3.43. The van der Waals surface area contributed by atoms with Gasteiger partial charge in [0.1, 0.15) is 6.10 Å². The van der Waals surface area contributed by atoms with Crippen LogP contribution in [0.2, 0.25) is 0 Å². The monoisotopic (exact) mass is 166 g/mol. The van der Waals surface area contributed by atoms with Gasteiger partial charge in [-0.25, -0.2) is 0 Å².